The Morgan fingerprint density at radius 1 is 1.07 bits per heavy atom. The van der Waals surface area contributed by atoms with Gasteiger partial charge < -0.3 is 18.9 Å². The number of nitrogens with one attached hydrogen (secondary N) is 1. The standard InChI is InChI=1S/C19H19F2NO6/c1-3-26-19(24)22-14-6-4-5-13(10-14)17(23)27-11-12-7-8-15(28-18(20)21)16(9-12)25-2/h4-10,18H,3,11H2,1-2H3,(H,22,24). The monoisotopic (exact) mass is 395 g/mol. The maximum Gasteiger partial charge on any atom is 0.411 e. The van der Waals surface area contributed by atoms with Crippen LogP contribution in [0.4, 0.5) is 19.3 Å². The largest absolute Gasteiger partial charge is 0.493 e. The lowest BCUT2D eigenvalue weighted by atomic mass is 10.2. The maximum atomic E-state index is 12.4. The van der Waals surface area contributed by atoms with Gasteiger partial charge in [-0.05, 0) is 42.8 Å². The summed E-state index contributed by atoms with van der Waals surface area (Å²) in [5, 5.41) is 2.49. The third kappa shape index (κ3) is 6.11. The number of ether oxygens (including phenoxy) is 4. The molecule has 2 aromatic carbocycles. The maximum absolute atomic E-state index is 12.4. The number of halogens is 2. The summed E-state index contributed by atoms with van der Waals surface area (Å²) in [4.78, 5) is 23.7. The van der Waals surface area contributed by atoms with Crippen LogP contribution in [0, 0.1) is 0 Å². The van der Waals surface area contributed by atoms with Crippen LogP contribution < -0.4 is 14.8 Å². The Morgan fingerprint density at radius 2 is 1.86 bits per heavy atom. The summed E-state index contributed by atoms with van der Waals surface area (Å²) < 4.78 is 44.0. The molecule has 0 unspecified atom stereocenters. The van der Waals surface area contributed by atoms with Gasteiger partial charge in [-0.15, -0.1) is 0 Å². The first-order chi connectivity index (χ1) is 13.4. The highest BCUT2D eigenvalue weighted by Gasteiger charge is 2.13. The summed E-state index contributed by atoms with van der Waals surface area (Å²) in [6.07, 6.45) is -0.633. The molecular formula is C19H19F2NO6. The van der Waals surface area contributed by atoms with E-state index in [0.29, 0.717) is 11.3 Å². The Kier molecular flexibility index (Phi) is 7.55. The van der Waals surface area contributed by atoms with E-state index in [4.69, 9.17) is 14.2 Å². The minimum absolute atomic E-state index is 0.0921. The van der Waals surface area contributed by atoms with Gasteiger partial charge in [0.05, 0.1) is 19.3 Å². The van der Waals surface area contributed by atoms with Crippen LogP contribution in [0.15, 0.2) is 42.5 Å². The van der Waals surface area contributed by atoms with E-state index in [1.165, 1.54) is 37.4 Å². The summed E-state index contributed by atoms with van der Waals surface area (Å²) in [6.45, 7) is -1.19. The molecule has 0 spiro atoms. The average Bonchev–Trinajstić information content (AvgIpc) is 2.66. The Bertz CT molecular complexity index is 828. The van der Waals surface area contributed by atoms with Crippen LogP contribution in [0.3, 0.4) is 0 Å². The fourth-order valence-electron chi connectivity index (χ4n) is 2.24. The number of hydrogen-bond acceptors (Lipinski definition) is 6. The first-order valence-electron chi connectivity index (χ1n) is 8.25. The highest BCUT2D eigenvalue weighted by Crippen LogP contribution is 2.29. The van der Waals surface area contributed by atoms with E-state index in [0.717, 1.165) is 0 Å². The predicted octanol–water partition coefficient (Wildman–Crippen LogP) is 4.22. The van der Waals surface area contributed by atoms with Crippen molar-refractivity contribution < 1.29 is 37.3 Å². The van der Waals surface area contributed by atoms with Crippen LogP contribution in [-0.2, 0) is 16.1 Å². The highest BCUT2D eigenvalue weighted by molar-refractivity contribution is 5.92. The lowest BCUT2D eigenvalue weighted by Gasteiger charge is -2.12. The zero-order chi connectivity index (χ0) is 20.5. The first kappa shape index (κ1) is 20.9. The molecule has 0 fully saturated rings. The van der Waals surface area contributed by atoms with Crippen molar-refractivity contribution in [2.24, 2.45) is 0 Å². The van der Waals surface area contributed by atoms with Crippen LogP contribution in [0.2, 0.25) is 0 Å². The van der Waals surface area contributed by atoms with Gasteiger partial charge in [0, 0.05) is 5.69 Å². The molecule has 0 atom stereocenters. The minimum atomic E-state index is -2.98. The molecule has 150 valence electrons. The van der Waals surface area contributed by atoms with E-state index >= 15 is 0 Å². The number of benzene rings is 2. The van der Waals surface area contributed by atoms with Gasteiger partial charge in [-0.25, -0.2) is 9.59 Å². The molecule has 0 aromatic heterocycles. The van der Waals surface area contributed by atoms with Gasteiger partial charge in [-0.1, -0.05) is 12.1 Å². The second-order valence-corrected chi connectivity index (χ2v) is 5.37. The number of methoxy groups -OCH3 is 1. The Hall–Kier alpha value is -3.36. The van der Waals surface area contributed by atoms with Crippen molar-refractivity contribution >= 4 is 17.7 Å². The number of hydrogen-bond donors (Lipinski definition) is 1. The lowest BCUT2D eigenvalue weighted by molar-refractivity contribution is -0.0512. The molecule has 0 saturated carbocycles. The van der Waals surface area contributed by atoms with E-state index < -0.39 is 18.7 Å². The molecule has 28 heavy (non-hydrogen) atoms. The molecule has 1 amide bonds. The minimum Gasteiger partial charge on any atom is -0.493 e. The molecule has 0 radical (unpaired) electrons. The van der Waals surface area contributed by atoms with Crippen LogP contribution >= 0.6 is 0 Å². The topological polar surface area (TPSA) is 83.1 Å². The van der Waals surface area contributed by atoms with E-state index in [-0.39, 0.29) is 30.3 Å². The van der Waals surface area contributed by atoms with E-state index in [9.17, 15) is 18.4 Å². The summed E-state index contributed by atoms with van der Waals surface area (Å²) in [5.74, 6) is -0.654. The molecule has 1 N–H and O–H groups in total. The van der Waals surface area contributed by atoms with Gasteiger partial charge in [-0.2, -0.15) is 8.78 Å². The molecule has 7 nitrogen and oxygen atoms in total. The number of carbonyl (C=O) groups excluding carboxylic acids is 2. The lowest BCUT2D eigenvalue weighted by Crippen LogP contribution is -2.14. The van der Waals surface area contributed by atoms with Gasteiger partial charge in [0.2, 0.25) is 0 Å². The van der Waals surface area contributed by atoms with Crippen molar-refractivity contribution in [3.05, 3.63) is 53.6 Å². The van der Waals surface area contributed by atoms with Gasteiger partial charge in [0.25, 0.3) is 0 Å². The highest BCUT2D eigenvalue weighted by atomic mass is 19.3. The zero-order valence-corrected chi connectivity index (χ0v) is 15.2. The molecule has 2 rings (SSSR count). The Balaban J connectivity index is 2.01. The fraction of sp³-hybridized carbons (Fsp3) is 0.263. The Labute approximate surface area is 160 Å². The molecular weight excluding hydrogens is 376 g/mol. The molecule has 2 aromatic rings. The van der Waals surface area contributed by atoms with Gasteiger partial charge in [0.15, 0.2) is 11.5 Å². The second-order valence-electron chi connectivity index (χ2n) is 5.37. The van der Waals surface area contributed by atoms with Crippen molar-refractivity contribution in [2.75, 3.05) is 19.0 Å². The SMILES string of the molecule is CCOC(=O)Nc1cccc(C(=O)OCc2ccc(OC(F)F)c(OC)c2)c1. The van der Waals surface area contributed by atoms with E-state index in [1.807, 2.05) is 0 Å². The zero-order valence-electron chi connectivity index (χ0n) is 15.2. The summed E-state index contributed by atoms with van der Waals surface area (Å²) >= 11 is 0. The Morgan fingerprint density at radius 3 is 2.54 bits per heavy atom. The number of anilines is 1. The van der Waals surface area contributed by atoms with E-state index in [2.05, 4.69) is 10.1 Å². The molecule has 0 aliphatic heterocycles. The average molecular weight is 395 g/mol. The summed E-state index contributed by atoms with van der Waals surface area (Å²) in [7, 11) is 1.31. The van der Waals surface area contributed by atoms with Crippen LogP contribution in [-0.4, -0.2) is 32.4 Å². The van der Waals surface area contributed by atoms with Gasteiger partial charge >= 0.3 is 18.7 Å². The predicted molar refractivity (Wildman–Crippen MR) is 95.8 cm³/mol. The summed E-state index contributed by atoms with van der Waals surface area (Å²) in [6, 6.07) is 10.4. The number of carbonyl (C=O) groups is 2. The number of amides is 1. The fourth-order valence-corrected chi connectivity index (χ4v) is 2.24. The number of alkyl halides is 2. The quantitative estimate of drug-likeness (QED) is 0.674. The van der Waals surface area contributed by atoms with Crippen molar-refractivity contribution in [1.29, 1.82) is 0 Å². The molecule has 9 heteroatoms. The molecule has 0 aliphatic rings. The smallest absolute Gasteiger partial charge is 0.411 e. The molecule has 0 heterocycles. The summed E-state index contributed by atoms with van der Waals surface area (Å²) in [5.41, 5.74) is 1.12. The first-order valence-corrected chi connectivity index (χ1v) is 8.25. The van der Waals surface area contributed by atoms with Crippen molar-refractivity contribution in [2.45, 2.75) is 20.1 Å². The number of rotatable bonds is 8. The van der Waals surface area contributed by atoms with Crippen LogP contribution in [0.5, 0.6) is 11.5 Å². The van der Waals surface area contributed by atoms with Crippen molar-refractivity contribution in [1.82, 2.24) is 0 Å². The molecule has 0 aliphatic carbocycles. The third-order valence-corrected chi connectivity index (χ3v) is 3.43. The third-order valence-electron chi connectivity index (χ3n) is 3.43. The van der Waals surface area contributed by atoms with Crippen molar-refractivity contribution in [3.63, 3.8) is 0 Å². The van der Waals surface area contributed by atoms with Gasteiger partial charge in [0.1, 0.15) is 6.61 Å². The van der Waals surface area contributed by atoms with Gasteiger partial charge in [-0.3, -0.25) is 5.32 Å². The number of esters is 1. The van der Waals surface area contributed by atoms with Crippen molar-refractivity contribution in [3.8, 4) is 11.5 Å². The van der Waals surface area contributed by atoms with E-state index in [1.54, 1.807) is 19.1 Å². The van der Waals surface area contributed by atoms with Crippen LogP contribution in [0.25, 0.3) is 0 Å². The normalized spacial score (nSPS) is 10.3. The molecule has 0 bridgehead atoms. The molecule has 0 saturated heterocycles. The second kappa shape index (κ2) is 10.1. The van der Waals surface area contributed by atoms with Crippen LogP contribution in [0.1, 0.15) is 22.8 Å².